The number of pyridine rings is 1. The minimum atomic E-state index is -0.0617. The number of nitrogens with one attached hydrogen (secondary N) is 1. The number of hydrogen-bond acceptors (Lipinski definition) is 3. The van der Waals surface area contributed by atoms with E-state index in [1.165, 1.54) is 0 Å². The molecular formula is C17H19ClN2O. The van der Waals surface area contributed by atoms with Crippen LogP contribution in [0.3, 0.4) is 0 Å². The molecule has 0 aliphatic carbocycles. The van der Waals surface area contributed by atoms with Crippen molar-refractivity contribution >= 4 is 11.6 Å². The van der Waals surface area contributed by atoms with Gasteiger partial charge in [0.15, 0.2) is 0 Å². The molecule has 0 saturated carbocycles. The first kappa shape index (κ1) is 14.5. The second-order valence-corrected chi connectivity index (χ2v) is 5.73. The van der Waals surface area contributed by atoms with Crippen LogP contribution >= 0.6 is 11.6 Å². The van der Waals surface area contributed by atoms with Crippen LogP contribution in [0, 0.1) is 0 Å². The molecule has 0 radical (unpaired) electrons. The van der Waals surface area contributed by atoms with E-state index in [9.17, 15) is 0 Å². The summed E-state index contributed by atoms with van der Waals surface area (Å²) in [6.45, 7) is 2.04. The van der Waals surface area contributed by atoms with Gasteiger partial charge in [0.1, 0.15) is 6.10 Å². The predicted octanol–water partition coefficient (Wildman–Crippen LogP) is 3.59. The quantitative estimate of drug-likeness (QED) is 0.937. The summed E-state index contributed by atoms with van der Waals surface area (Å²) in [4.78, 5) is 4.10. The number of aromatic nitrogens is 1. The first-order chi connectivity index (χ1) is 10.3. The van der Waals surface area contributed by atoms with E-state index in [2.05, 4.69) is 10.3 Å². The molecule has 4 heteroatoms. The van der Waals surface area contributed by atoms with Gasteiger partial charge in [-0.25, -0.2) is 0 Å². The fourth-order valence-corrected chi connectivity index (χ4v) is 2.78. The number of benzene rings is 1. The number of hydrogen-bond donors (Lipinski definition) is 1. The summed E-state index contributed by atoms with van der Waals surface area (Å²) in [6.07, 6.45) is 5.95. The van der Waals surface area contributed by atoms with Crippen molar-refractivity contribution in [2.75, 3.05) is 13.1 Å². The standard InChI is InChI=1S/C17H19ClN2O/c18-15-3-1-13(2-4-15)17(14-5-9-19-10-6-14)21-16-7-11-20-12-8-16/h1-6,9-10,16-17,20H,7-8,11-12H2/t17-/m0/s1. The lowest BCUT2D eigenvalue weighted by Gasteiger charge is -2.28. The van der Waals surface area contributed by atoms with E-state index in [1.807, 2.05) is 48.8 Å². The summed E-state index contributed by atoms with van der Waals surface area (Å²) in [5.74, 6) is 0. The first-order valence-corrected chi connectivity index (χ1v) is 7.72. The maximum absolute atomic E-state index is 6.39. The molecule has 1 N–H and O–H groups in total. The van der Waals surface area contributed by atoms with Gasteiger partial charge in [-0.05, 0) is 61.3 Å². The van der Waals surface area contributed by atoms with Crippen molar-refractivity contribution in [2.24, 2.45) is 0 Å². The van der Waals surface area contributed by atoms with Crippen LogP contribution < -0.4 is 5.32 Å². The highest BCUT2D eigenvalue weighted by atomic mass is 35.5. The molecule has 1 aliphatic heterocycles. The van der Waals surface area contributed by atoms with Crippen molar-refractivity contribution in [3.8, 4) is 0 Å². The molecule has 21 heavy (non-hydrogen) atoms. The van der Waals surface area contributed by atoms with Gasteiger partial charge >= 0.3 is 0 Å². The summed E-state index contributed by atoms with van der Waals surface area (Å²) in [7, 11) is 0. The maximum atomic E-state index is 6.39. The molecule has 110 valence electrons. The Morgan fingerprint density at radius 1 is 1.00 bits per heavy atom. The van der Waals surface area contributed by atoms with Gasteiger partial charge in [0.25, 0.3) is 0 Å². The Hall–Kier alpha value is -1.42. The molecule has 2 heterocycles. The zero-order chi connectivity index (χ0) is 14.5. The molecular weight excluding hydrogens is 284 g/mol. The van der Waals surface area contributed by atoms with Gasteiger partial charge in [-0.2, -0.15) is 0 Å². The Bertz CT molecular complexity index is 553. The lowest BCUT2D eigenvalue weighted by molar-refractivity contribution is -0.00808. The van der Waals surface area contributed by atoms with E-state index >= 15 is 0 Å². The van der Waals surface area contributed by atoms with Crippen LogP contribution in [0.15, 0.2) is 48.8 Å². The third-order valence-corrected chi connectivity index (χ3v) is 4.05. The SMILES string of the molecule is Clc1ccc([C@H](OC2CCNCC2)c2ccncc2)cc1. The van der Waals surface area contributed by atoms with E-state index in [0.717, 1.165) is 42.1 Å². The zero-order valence-electron chi connectivity index (χ0n) is 11.8. The highest BCUT2D eigenvalue weighted by Gasteiger charge is 2.21. The van der Waals surface area contributed by atoms with Crippen LogP contribution in [0.5, 0.6) is 0 Å². The molecule has 1 fully saturated rings. The first-order valence-electron chi connectivity index (χ1n) is 7.34. The fourth-order valence-electron chi connectivity index (χ4n) is 2.65. The number of rotatable bonds is 4. The van der Waals surface area contributed by atoms with Crippen molar-refractivity contribution in [2.45, 2.75) is 25.0 Å². The molecule has 1 aliphatic rings. The summed E-state index contributed by atoms with van der Waals surface area (Å²) < 4.78 is 6.39. The van der Waals surface area contributed by atoms with Gasteiger partial charge in [0.05, 0.1) is 6.10 Å². The highest BCUT2D eigenvalue weighted by Crippen LogP contribution is 2.29. The van der Waals surface area contributed by atoms with Crippen LogP contribution in [0.4, 0.5) is 0 Å². The maximum Gasteiger partial charge on any atom is 0.108 e. The molecule has 1 aromatic heterocycles. The molecule has 1 atom stereocenters. The number of piperidine rings is 1. The molecule has 2 aromatic rings. The van der Waals surface area contributed by atoms with Gasteiger partial charge in [-0.1, -0.05) is 23.7 Å². The van der Waals surface area contributed by atoms with E-state index in [4.69, 9.17) is 16.3 Å². The van der Waals surface area contributed by atoms with Crippen molar-refractivity contribution < 1.29 is 4.74 Å². The second-order valence-electron chi connectivity index (χ2n) is 5.30. The minimum Gasteiger partial charge on any atom is -0.365 e. The minimum absolute atomic E-state index is 0.0617. The van der Waals surface area contributed by atoms with Crippen molar-refractivity contribution in [3.05, 3.63) is 64.9 Å². The lowest BCUT2D eigenvalue weighted by Crippen LogP contribution is -2.33. The Balaban J connectivity index is 1.85. The molecule has 1 saturated heterocycles. The van der Waals surface area contributed by atoms with Gasteiger partial charge in [0, 0.05) is 17.4 Å². The van der Waals surface area contributed by atoms with Gasteiger partial charge < -0.3 is 10.1 Å². The van der Waals surface area contributed by atoms with Gasteiger partial charge in [-0.3, -0.25) is 4.98 Å². The number of nitrogens with zero attached hydrogens (tertiary/aromatic N) is 1. The topological polar surface area (TPSA) is 34.1 Å². The predicted molar refractivity (Wildman–Crippen MR) is 84.5 cm³/mol. The summed E-state index contributed by atoms with van der Waals surface area (Å²) in [6, 6.07) is 11.9. The Morgan fingerprint density at radius 2 is 1.62 bits per heavy atom. The van der Waals surface area contributed by atoms with E-state index in [0.29, 0.717) is 6.10 Å². The normalized spacial score (nSPS) is 17.6. The third kappa shape index (κ3) is 3.82. The van der Waals surface area contributed by atoms with E-state index in [1.54, 1.807) is 0 Å². The van der Waals surface area contributed by atoms with Crippen LogP contribution in [-0.4, -0.2) is 24.2 Å². The molecule has 1 aromatic carbocycles. The molecule has 0 unspecified atom stereocenters. The summed E-state index contributed by atoms with van der Waals surface area (Å²) in [5, 5.41) is 4.11. The lowest BCUT2D eigenvalue weighted by atomic mass is 10.0. The Morgan fingerprint density at radius 3 is 2.29 bits per heavy atom. The average molecular weight is 303 g/mol. The van der Waals surface area contributed by atoms with E-state index < -0.39 is 0 Å². The monoisotopic (exact) mass is 302 g/mol. The number of halogens is 1. The Labute approximate surface area is 130 Å². The third-order valence-electron chi connectivity index (χ3n) is 3.80. The Kier molecular flexibility index (Phi) is 4.86. The molecule has 3 rings (SSSR count). The second kappa shape index (κ2) is 7.03. The van der Waals surface area contributed by atoms with Crippen LogP contribution in [0.25, 0.3) is 0 Å². The summed E-state index contributed by atoms with van der Waals surface area (Å²) in [5.41, 5.74) is 2.26. The van der Waals surface area contributed by atoms with Crippen LogP contribution in [0.1, 0.15) is 30.1 Å². The highest BCUT2D eigenvalue weighted by molar-refractivity contribution is 6.30. The zero-order valence-corrected chi connectivity index (χ0v) is 12.6. The van der Waals surface area contributed by atoms with Crippen molar-refractivity contribution in [3.63, 3.8) is 0 Å². The smallest absolute Gasteiger partial charge is 0.108 e. The van der Waals surface area contributed by atoms with Gasteiger partial charge in [0.2, 0.25) is 0 Å². The summed E-state index contributed by atoms with van der Waals surface area (Å²) >= 11 is 6.00. The van der Waals surface area contributed by atoms with Crippen LogP contribution in [0.2, 0.25) is 5.02 Å². The van der Waals surface area contributed by atoms with E-state index in [-0.39, 0.29) is 6.10 Å². The van der Waals surface area contributed by atoms with Crippen molar-refractivity contribution in [1.82, 2.24) is 10.3 Å². The average Bonchev–Trinajstić information content (AvgIpc) is 2.55. The molecule has 3 nitrogen and oxygen atoms in total. The van der Waals surface area contributed by atoms with Crippen molar-refractivity contribution in [1.29, 1.82) is 0 Å². The largest absolute Gasteiger partial charge is 0.365 e. The molecule has 0 spiro atoms. The fraction of sp³-hybridized carbons (Fsp3) is 0.353. The molecule has 0 amide bonds. The molecule has 0 bridgehead atoms. The van der Waals surface area contributed by atoms with Gasteiger partial charge in [-0.15, -0.1) is 0 Å². The number of ether oxygens (including phenoxy) is 1. The van der Waals surface area contributed by atoms with Crippen LogP contribution in [-0.2, 0) is 4.74 Å².